The third-order valence-corrected chi connectivity index (χ3v) is 14.6. The van der Waals surface area contributed by atoms with Gasteiger partial charge in [-0.3, -0.25) is 24.5 Å². The van der Waals surface area contributed by atoms with Crippen LogP contribution >= 0.6 is 67.5 Å². The zero-order valence-corrected chi connectivity index (χ0v) is 47.5. The second kappa shape index (κ2) is 25.8. The van der Waals surface area contributed by atoms with Gasteiger partial charge in [-0.15, -0.1) is 0 Å². The van der Waals surface area contributed by atoms with Gasteiger partial charge in [0.15, 0.2) is 0 Å². The summed E-state index contributed by atoms with van der Waals surface area (Å²) in [6.07, 6.45) is 3.78. The minimum atomic E-state index is -0.872. The van der Waals surface area contributed by atoms with E-state index in [4.69, 9.17) is 19.2 Å². The van der Waals surface area contributed by atoms with Crippen molar-refractivity contribution in [3.63, 3.8) is 0 Å². The lowest BCUT2D eigenvalue weighted by Gasteiger charge is -2.44. The number of likely N-dealkylation sites (N-methyl/N-ethyl adjacent to an activating group) is 1. The van der Waals surface area contributed by atoms with Crippen LogP contribution in [0.4, 0.5) is 10.5 Å². The molecule has 5 aliphatic rings. The molecule has 2 aromatic heterocycles. The first-order valence-electron chi connectivity index (χ1n) is 24.1. The number of hydrogen-bond donors (Lipinski definition) is 2. The van der Waals surface area contributed by atoms with Crippen molar-refractivity contribution in [3.05, 3.63) is 71.5 Å². The summed E-state index contributed by atoms with van der Waals surface area (Å²) < 4.78 is 20.6. The van der Waals surface area contributed by atoms with E-state index < -0.39 is 23.5 Å². The molecule has 2 aromatic carbocycles. The number of amides is 3. The highest BCUT2D eigenvalue weighted by Crippen LogP contribution is 2.43. The molecule has 0 saturated carbocycles. The molecule has 71 heavy (non-hydrogen) atoms. The summed E-state index contributed by atoms with van der Waals surface area (Å²) in [5.41, 5.74) is 12.1. The molecule has 0 unspecified atom stereocenters. The lowest BCUT2D eigenvalue weighted by atomic mass is 9.84. The van der Waals surface area contributed by atoms with Gasteiger partial charge in [-0.1, -0.05) is 44.2 Å². The quantitative estimate of drug-likeness (QED) is 0.218. The van der Waals surface area contributed by atoms with Gasteiger partial charge in [0.2, 0.25) is 0 Å². The molecule has 5 aliphatic heterocycles. The zero-order valence-electron chi connectivity index (χ0n) is 42.5. The molecule has 5 atom stereocenters. The number of hydrazine groups is 1. The second-order valence-electron chi connectivity index (χ2n) is 20.0. The molecule has 6 bridgehead atoms. The van der Waals surface area contributed by atoms with Crippen molar-refractivity contribution in [3.8, 4) is 22.4 Å². The number of urea groups is 1. The van der Waals surface area contributed by atoms with E-state index in [9.17, 15) is 14.4 Å². The monoisotopic (exact) mass is 1070 g/mol. The molecule has 4 saturated heterocycles. The van der Waals surface area contributed by atoms with Crippen LogP contribution in [0.2, 0.25) is 0 Å². The fourth-order valence-electron chi connectivity index (χ4n) is 10.8. The van der Waals surface area contributed by atoms with E-state index in [2.05, 4.69) is 101 Å². The van der Waals surface area contributed by atoms with Crippen LogP contribution in [0.5, 0.6) is 0 Å². The first kappa shape index (κ1) is 60.2. The van der Waals surface area contributed by atoms with Gasteiger partial charge in [0.1, 0.15) is 12.1 Å². The number of carbonyl (C=O) groups is 3. The number of nitrogens with one attached hydrogen (secondary N) is 2. The van der Waals surface area contributed by atoms with E-state index in [0.29, 0.717) is 38.4 Å². The number of morpholine rings is 1. The number of methoxy groups -OCH3 is 1. The fraction of sp³-hybridized carbons (Fsp3) is 0.569. The average molecular weight is 1070 g/mol. The SMILES string of the molecule is CCn1c(-c2cc(N3CCN4CCOC[C@@H]4C3)cnc2[C@H](C)OC)c2c3cc(ccc31)-c1cccc(c1)C[C@H](NC(=O)N1CCN(C)C[C@@H]1C)C(=O)N1CCC[C@H](N1)C(=O)OCC(C)(C)C2.S.S.S.S.S. The number of anilines is 1. The third-order valence-electron chi connectivity index (χ3n) is 14.6. The molecule has 20 heteroatoms. The summed E-state index contributed by atoms with van der Waals surface area (Å²) in [5.74, 6) is -0.670. The normalized spacial score (nSPS) is 23.2. The van der Waals surface area contributed by atoms with E-state index >= 15 is 0 Å². The Balaban J connectivity index is 0.00000219. The molecule has 2 N–H and O–H groups in total. The summed E-state index contributed by atoms with van der Waals surface area (Å²) in [6, 6.07) is 15.8. The Hall–Kier alpha value is -3.31. The second-order valence-corrected chi connectivity index (χ2v) is 20.0. The van der Waals surface area contributed by atoms with Crippen LogP contribution in [0.15, 0.2) is 54.7 Å². The molecule has 0 radical (unpaired) electrons. The molecule has 0 spiro atoms. The predicted octanol–water partition coefficient (Wildman–Crippen LogP) is 6.06. The van der Waals surface area contributed by atoms with Gasteiger partial charge in [0.25, 0.3) is 5.91 Å². The van der Waals surface area contributed by atoms with Gasteiger partial charge in [-0.2, -0.15) is 67.5 Å². The van der Waals surface area contributed by atoms with Crippen molar-refractivity contribution in [2.24, 2.45) is 5.41 Å². The molecule has 3 amide bonds. The number of aromatic nitrogens is 2. The maximum atomic E-state index is 14.5. The largest absolute Gasteiger partial charge is 0.464 e. The Morgan fingerprint density at radius 3 is 2.49 bits per heavy atom. The van der Waals surface area contributed by atoms with Crippen LogP contribution in [0.25, 0.3) is 33.3 Å². The van der Waals surface area contributed by atoms with Crippen molar-refractivity contribution in [2.45, 2.75) is 97.1 Å². The van der Waals surface area contributed by atoms with Crippen LogP contribution in [0.1, 0.15) is 70.4 Å². The number of rotatable bonds is 6. The molecule has 0 aliphatic carbocycles. The number of piperazine rings is 2. The number of benzene rings is 2. The molecule has 4 fully saturated rings. The van der Waals surface area contributed by atoms with Crippen LogP contribution in [-0.4, -0.2) is 158 Å². The minimum absolute atomic E-state index is 0. The summed E-state index contributed by atoms with van der Waals surface area (Å²) in [6.45, 7) is 19.2. The molecule has 9 rings (SSSR count). The zero-order chi connectivity index (χ0) is 46.3. The van der Waals surface area contributed by atoms with E-state index in [-0.39, 0.29) is 105 Å². The van der Waals surface area contributed by atoms with Gasteiger partial charge < -0.3 is 38.8 Å². The van der Waals surface area contributed by atoms with Gasteiger partial charge in [-0.25, -0.2) is 10.2 Å². The van der Waals surface area contributed by atoms with E-state index in [1.54, 1.807) is 7.11 Å². The highest BCUT2D eigenvalue weighted by Gasteiger charge is 2.37. The Kier molecular flexibility index (Phi) is 21.9. The van der Waals surface area contributed by atoms with Crippen molar-refractivity contribution in [2.75, 3.05) is 91.2 Å². The minimum Gasteiger partial charge on any atom is -0.464 e. The Morgan fingerprint density at radius 1 is 0.972 bits per heavy atom. The van der Waals surface area contributed by atoms with Crippen molar-refractivity contribution < 1.29 is 28.6 Å². The Labute approximate surface area is 455 Å². The standard InChI is InChI=1S/C51H69N9O6.5H2S/c1-8-58-45-15-14-37-25-40(45)42(47(58)41-26-38(28-52-46(41)34(3)64-7)57-19-18-56-21-22-65-31-39(56)30-57)27-51(4,5)32-66-49(62)43-13-10-16-60(54-43)48(61)44(24-35-11-9-12-36(37)23-35)53-50(63)59-20-17-55(6)29-33(59)2;;;;;/h9,11-12,14-15,23,25-26,28,33-34,39,43-44,54H,8,10,13,16-22,24,27,29-32H2,1-7H3,(H,53,63);5*1H2/t33-,34-,39-,43-,44-;;;;;/m0...../s1. The molecule has 4 aromatic rings. The number of fused-ring (bicyclic) bond motifs is 7. The van der Waals surface area contributed by atoms with Crippen LogP contribution in [0.3, 0.4) is 0 Å². The maximum absolute atomic E-state index is 14.5. The number of carbonyl (C=O) groups excluding carboxylic acids is 3. The van der Waals surface area contributed by atoms with Gasteiger partial charge >= 0.3 is 12.0 Å². The molecule has 394 valence electrons. The highest BCUT2D eigenvalue weighted by molar-refractivity contribution is 7.60. The Bertz CT molecular complexity index is 2460. The van der Waals surface area contributed by atoms with Crippen molar-refractivity contribution >= 4 is 102 Å². The maximum Gasteiger partial charge on any atom is 0.324 e. The topological polar surface area (TPSA) is 137 Å². The number of esters is 1. The van der Waals surface area contributed by atoms with Gasteiger partial charge in [-0.05, 0) is 87.5 Å². The van der Waals surface area contributed by atoms with Crippen LogP contribution < -0.4 is 15.6 Å². The fourth-order valence-corrected chi connectivity index (χ4v) is 10.8. The molecule has 15 nitrogen and oxygen atoms in total. The Morgan fingerprint density at radius 2 is 1.75 bits per heavy atom. The van der Waals surface area contributed by atoms with E-state index in [1.165, 1.54) is 5.01 Å². The smallest absolute Gasteiger partial charge is 0.324 e. The predicted molar refractivity (Wildman–Crippen MR) is 308 cm³/mol. The van der Waals surface area contributed by atoms with Gasteiger partial charge in [0.05, 0.1) is 55.2 Å². The summed E-state index contributed by atoms with van der Waals surface area (Å²) in [7, 11) is 3.79. The van der Waals surface area contributed by atoms with Crippen LogP contribution in [0, 0.1) is 5.41 Å². The first-order valence-corrected chi connectivity index (χ1v) is 24.1. The highest BCUT2D eigenvalue weighted by atomic mass is 32.1. The molecular weight excluding hydrogens is 995 g/mol. The average Bonchev–Trinajstić information content (AvgIpc) is 3.63. The van der Waals surface area contributed by atoms with Crippen molar-refractivity contribution in [1.29, 1.82) is 0 Å². The number of aryl methyl sites for hydroxylation is 1. The lowest BCUT2D eigenvalue weighted by molar-refractivity contribution is -0.155. The lowest BCUT2D eigenvalue weighted by Crippen LogP contribution is -2.62. The molecule has 7 heterocycles. The first-order chi connectivity index (χ1) is 31.8. The summed E-state index contributed by atoms with van der Waals surface area (Å²) in [4.78, 5) is 56.7. The van der Waals surface area contributed by atoms with Gasteiger partial charge in [0, 0.05) is 100 Å². The third kappa shape index (κ3) is 13.0. The van der Waals surface area contributed by atoms with Crippen molar-refractivity contribution in [1.82, 2.24) is 40.0 Å². The number of pyridine rings is 1. The molecular formula is C51H79N9O6S5. The number of nitrogens with zero attached hydrogens (tertiary/aromatic N) is 7. The van der Waals surface area contributed by atoms with E-state index in [0.717, 1.165) is 115 Å². The number of cyclic esters (lactones) is 1. The summed E-state index contributed by atoms with van der Waals surface area (Å²) >= 11 is 0. The van der Waals surface area contributed by atoms with E-state index in [1.807, 2.05) is 30.2 Å². The number of ether oxygens (including phenoxy) is 3. The summed E-state index contributed by atoms with van der Waals surface area (Å²) in [5, 5.41) is 5.78. The number of hydrogen-bond acceptors (Lipinski definition) is 11. The van der Waals surface area contributed by atoms with Crippen LogP contribution in [-0.2, 0) is 43.2 Å².